The van der Waals surface area contributed by atoms with Gasteiger partial charge in [-0.05, 0) is 99.5 Å². The van der Waals surface area contributed by atoms with Gasteiger partial charge in [-0.25, -0.2) is 0 Å². The minimum Gasteiger partial charge on any atom is -0.318 e. The van der Waals surface area contributed by atoms with Gasteiger partial charge >= 0.3 is 0 Å². The van der Waals surface area contributed by atoms with Crippen LogP contribution in [0.15, 0.2) is 60.7 Å². The molecule has 7 heteroatoms. The van der Waals surface area contributed by atoms with Gasteiger partial charge in [-0.15, -0.1) is 23.2 Å². The maximum Gasteiger partial charge on any atom is 0.150 e. The molecule has 0 amide bonds. The first-order valence-electron chi connectivity index (χ1n) is 11.7. The van der Waals surface area contributed by atoms with Crippen molar-refractivity contribution in [1.82, 2.24) is 9.13 Å². The zero-order valence-corrected chi connectivity index (χ0v) is 23.7. The molecule has 0 aliphatic heterocycles. The van der Waals surface area contributed by atoms with E-state index in [2.05, 4.69) is 21.3 Å². The number of carbonyl (C=O) groups is 1. The molecule has 0 N–H and O–H groups in total. The number of ketones is 1. The number of benzene rings is 2. The molecule has 3 nitrogen and oxygen atoms in total. The van der Waals surface area contributed by atoms with Gasteiger partial charge in [-0.2, -0.15) is 0 Å². The first-order valence-corrected chi connectivity index (χ1v) is 13.6. The maximum absolute atomic E-state index is 14.0. The summed E-state index contributed by atoms with van der Waals surface area (Å²) in [4.78, 5) is 14.0. The van der Waals surface area contributed by atoms with Crippen molar-refractivity contribution in [1.29, 1.82) is 0 Å². The Morgan fingerprint density at radius 2 is 1.00 bits per heavy atom. The Morgan fingerprint density at radius 1 is 0.667 bits per heavy atom. The van der Waals surface area contributed by atoms with Crippen molar-refractivity contribution in [2.24, 2.45) is 0 Å². The van der Waals surface area contributed by atoms with Crippen molar-refractivity contribution in [2.45, 2.75) is 39.5 Å². The number of hydrogen-bond donors (Lipinski definition) is 0. The molecule has 0 aliphatic carbocycles. The van der Waals surface area contributed by atoms with Gasteiger partial charge in [0.25, 0.3) is 0 Å². The van der Waals surface area contributed by atoms with Gasteiger partial charge in [0, 0.05) is 56.0 Å². The fourth-order valence-electron chi connectivity index (χ4n) is 5.12. The SMILES string of the molecule is Cc1cc(C(CCl)C(=O)C(CCl)c2cc(C)n(-c3ccc(Cl)cc3)c2C)c(C)n1-c1ccc(Cl)cc1. The topological polar surface area (TPSA) is 26.9 Å². The largest absolute Gasteiger partial charge is 0.318 e. The molecular weight excluding hydrogens is 534 g/mol. The van der Waals surface area contributed by atoms with E-state index in [-0.39, 0.29) is 17.5 Å². The zero-order valence-electron chi connectivity index (χ0n) is 20.7. The van der Waals surface area contributed by atoms with Crippen LogP contribution in [0.25, 0.3) is 11.4 Å². The Kier molecular flexibility index (Phi) is 8.26. The Hall–Kier alpha value is -2.17. The van der Waals surface area contributed by atoms with Crippen molar-refractivity contribution in [3.05, 3.63) is 105 Å². The number of halogens is 4. The lowest BCUT2D eigenvalue weighted by Crippen LogP contribution is -2.24. The molecule has 36 heavy (non-hydrogen) atoms. The molecule has 2 atom stereocenters. The number of carbonyl (C=O) groups excluding carboxylic acids is 1. The van der Waals surface area contributed by atoms with Crippen LogP contribution in [0.2, 0.25) is 10.0 Å². The van der Waals surface area contributed by atoms with Gasteiger partial charge in [0.05, 0.1) is 11.8 Å². The van der Waals surface area contributed by atoms with Crippen LogP contribution >= 0.6 is 46.4 Å². The van der Waals surface area contributed by atoms with Crippen LogP contribution < -0.4 is 0 Å². The third-order valence-corrected chi connectivity index (χ3v) is 7.98. The summed E-state index contributed by atoms with van der Waals surface area (Å²) in [7, 11) is 0. The van der Waals surface area contributed by atoms with Crippen molar-refractivity contribution < 1.29 is 4.79 Å². The summed E-state index contributed by atoms with van der Waals surface area (Å²) in [5.74, 6) is -0.602. The summed E-state index contributed by atoms with van der Waals surface area (Å²) < 4.78 is 4.25. The first kappa shape index (κ1) is 26.9. The van der Waals surface area contributed by atoms with Gasteiger partial charge in [-0.3, -0.25) is 4.79 Å². The van der Waals surface area contributed by atoms with Crippen LogP contribution in [0, 0.1) is 27.7 Å². The standard InChI is InChI=1S/C29H28Cl4N2O/c1-17-13-25(19(3)34(17)23-9-5-21(32)6-10-23)27(15-30)29(36)28(16-31)26-14-18(2)35(20(26)4)24-11-7-22(33)8-12-24/h5-14,27-28H,15-16H2,1-4H3. The van der Waals surface area contributed by atoms with E-state index >= 15 is 0 Å². The van der Waals surface area contributed by atoms with E-state index in [4.69, 9.17) is 46.4 Å². The van der Waals surface area contributed by atoms with Crippen molar-refractivity contribution in [2.75, 3.05) is 11.8 Å². The third kappa shape index (κ3) is 4.99. The fraction of sp³-hybridized carbons (Fsp3) is 0.276. The highest BCUT2D eigenvalue weighted by Crippen LogP contribution is 2.36. The normalized spacial score (nSPS) is 13.1. The minimum absolute atomic E-state index is 0.0210. The Labute approximate surface area is 232 Å². The molecule has 0 fully saturated rings. The second kappa shape index (κ2) is 11.1. The molecular formula is C29H28Cl4N2O. The van der Waals surface area contributed by atoms with E-state index in [1.165, 1.54) is 0 Å². The highest BCUT2D eigenvalue weighted by Gasteiger charge is 2.33. The zero-order chi connectivity index (χ0) is 26.1. The molecule has 4 aromatic rings. The van der Waals surface area contributed by atoms with E-state index in [1.807, 2.05) is 76.2 Å². The minimum atomic E-state index is -0.485. The molecule has 0 saturated carbocycles. The summed E-state index contributed by atoms with van der Waals surface area (Å²) >= 11 is 25.1. The number of hydrogen-bond acceptors (Lipinski definition) is 1. The fourth-order valence-corrected chi connectivity index (χ4v) is 6.01. The molecule has 2 unspecified atom stereocenters. The molecule has 0 aliphatic rings. The van der Waals surface area contributed by atoms with E-state index in [1.54, 1.807) is 0 Å². The second-order valence-electron chi connectivity index (χ2n) is 9.09. The number of aryl methyl sites for hydroxylation is 2. The number of aromatic nitrogens is 2. The maximum atomic E-state index is 14.0. The van der Waals surface area contributed by atoms with Gasteiger partial charge in [0.2, 0.25) is 0 Å². The van der Waals surface area contributed by atoms with Crippen molar-refractivity contribution in [3.8, 4) is 11.4 Å². The molecule has 188 valence electrons. The second-order valence-corrected chi connectivity index (χ2v) is 10.6. The summed E-state index contributed by atoms with van der Waals surface area (Å²) in [5, 5.41) is 1.35. The number of nitrogens with zero attached hydrogens (tertiary/aromatic N) is 2. The highest BCUT2D eigenvalue weighted by molar-refractivity contribution is 6.30. The van der Waals surface area contributed by atoms with Crippen LogP contribution in [0.5, 0.6) is 0 Å². The lowest BCUT2D eigenvalue weighted by Gasteiger charge is -2.21. The Bertz CT molecular complexity index is 1280. The third-order valence-electron chi connectivity index (χ3n) is 6.86. The molecule has 0 radical (unpaired) electrons. The van der Waals surface area contributed by atoms with Crippen LogP contribution in [0.3, 0.4) is 0 Å². The molecule has 4 rings (SSSR count). The van der Waals surface area contributed by atoms with Gasteiger partial charge < -0.3 is 9.13 Å². The smallest absolute Gasteiger partial charge is 0.150 e. The first-order chi connectivity index (χ1) is 17.2. The number of rotatable bonds is 8. The summed E-state index contributed by atoms with van der Waals surface area (Å²) in [6, 6.07) is 19.4. The molecule has 0 spiro atoms. The van der Waals surface area contributed by atoms with E-state index in [9.17, 15) is 4.79 Å². The molecule has 0 saturated heterocycles. The van der Waals surface area contributed by atoms with E-state index < -0.39 is 11.8 Å². The lowest BCUT2D eigenvalue weighted by molar-refractivity contribution is -0.121. The number of Topliss-reactive ketones (excluding diaryl/α,β-unsaturated/α-hetero) is 1. The predicted octanol–water partition coefficient (Wildman–Crippen LogP) is 8.72. The van der Waals surface area contributed by atoms with Crippen LogP contribution in [0.1, 0.15) is 45.7 Å². The van der Waals surface area contributed by atoms with Crippen LogP contribution in [-0.4, -0.2) is 26.7 Å². The molecule has 0 bridgehead atoms. The van der Waals surface area contributed by atoms with Crippen molar-refractivity contribution >= 4 is 52.2 Å². The Morgan fingerprint density at radius 3 is 1.31 bits per heavy atom. The quantitative estimate of drug-likeness (QED) is 0.197. The predicted molar refractivity (Wildman–Crippen MR) is 152 cm³/mol. The summed E-state index contributed by atoms with van der Waals surface area (Å²) in [5.41, 5.74) is 7.83. The molecule has 2 heterocycles. The van der Waals surface area contributed by atoms with Gasteiger partial charge in [0.15, 0.2) is 0 Å². The summed E-state index contributed by atoms with van der Waals surface area (Å²) in [6.45, 7) is 8.09. The average Bonchev–Trinajstić information content (AvgIpc) is 3.30. The van der Waals surface area contributed by atoms with Crippen LogP contribution in [-0.2, 0) is 4.79 Å². The highest BCUT2D eigenvalue weighted by atomic mass is 35.5. The van der Waals surface area contributed by atoms with Gasteiger partial charge in [-0.1, -0.05) is 23.2 Å². The molecule has 2 aromatic heterocycles. The summed E-state index contributed by atoms with van der Waals surface area (Å²) in [6.07, 6.45) is 0. The van der Waals surface area contributed by atoms with E-state index in [0.29, 0.717) is 10.0 Å². The van der Waals surface area contributed by atoms with E-state index in [0.717, 1.165) is 45.3 Å². The monoisotopic (exact) mass is 560 g/mol. The lowest BCUT2D eigenvalue weighted by atomic mass is 9.85. The molecule has 2 aromatic carbocycles. The number of alkyl halides is 2. The van der Waals surface area contributed by atoms with Gasteiger partial charge in [0.1, 0.15) is 5.78 Å². The average molecular weight is 562 g/mol. The van der Waals surface area contributed by atoms with Crippen molar-refractivity contribution in [3.63, 3.8) is 0 Å². The van der Waals surface area contributed by atoms with Crippen LogP contribution in [0.4, 0.5) is 0 Å². The Balaban J connectivity index is 1.72.